The third-order valence-electron chi connectivity index (χ3n) is 4.24. The van der Waals surface area contributed by atoms with Crippen LogP contribution in [0.2, 0.25) is 10.0 Å². The number of hydrogen-bond acceptors (Lipinski definition) is 5. The van der Waals surface area contributed by atoms with Gasteiger partial charge in [0.1, 0.15) is 11.4 Å². The van der Waals surface area contributed by atoms with Gasteiger partial charge in [-0.3, -0.25) is 14.2 Å². The fourth-order valence-electron chi connectivity index (χ4n) is 2.78. The molecule has 2 aromatic heterocycles. The molecule has 0 saturated carbocycles. The number of amides is 1. The summed E-state index contributed by atoms with van der Waals surface area (Å²) >= 11 is 13.2. The molecule has 1 N–H and O–H groups in total. The Labute approximate surface area is 185 Å². The van der Waals surface area contributed by atoms with Gasteiger partial charge in [0.2, 0.25) is 0 Å². The maximum Gasteiger partial charge on any atom is 0.262 e. The number of halogens is 2. The van der Waals surface area contributed by atoms with Crippen LogP contribution in [-0.4, -0.2) is 21.7 Å². The van der Waals surface area contributed by atoms with Gasteiger partial charge in [0.15, 0.2) is 0 Å². The van der Waals surface area contributed by atoms with Crippen LogP contribution in [0.25, 0.3) is 20.7 Å². The van der Waals surface area contributed by atoms with Crippen LogP contribution < -0.4 is 11.0 Å². The lowest BCUT2D eigenvalue weighted by atomic mass is 10.2. The van der Waals surface area contributed by atoms with Crippen LogP contribution in [0.1, 0.15) is 5.56 Å². The van der Waals surface area contributed by atoms with Crippen molar-refractivity contribution >= 4 is 56.9 Å². The Morgan fingerprint density at radius 2 is 1.93 bits per heavy atom. The maximum atomic E-state index is 12.8. The highest BCUT2D eigenvalue weighted by Crippen LogP contribution is 2.30. The second-order valence-electron chi connectivity index (χ2n) is 6.34. The van der Waals surface area contributed by atoms with E-state index in [9.17, 15) is 9.59 Å². The largest absolute Gasteiger partial charge is 0.289 e. The van der Waals surface area contributed by atoms with Gasteiger partial charge in [0, 0.05) is 4.88 Å². The van der Waals surface area contributed by atoms with Crippen molar-refractivity contribution in [1.82, 2.24) is 15.0 Å². The first-order valence-electron chi connectivity index (χ1n) is 8.82. The third kappa shape index (κ3) is 4.43. The zero-order valence-electron chi connectivity index (χ0n) is 15.4. The van der Waals surface area contributed by atoms with E-state index in [-0.39, 0.29) is 12.1 Å². The number of hydrogen-bond donors (Lipinski definition) is 1. The van der Waals surface area contributed by atoms with Gasteiger partial charge < -0.3 is 0 Å². The fourth-order valence-corrected chi connectivity index (χ4v) is 4.08. The molecule has 150 valence electrons. The maximum absolute atomic E-state index is 12.8. The smallest absolute Gasteiger partial charge is 0.262 e. The minimum absolute atomic E-state index is 0.197. The van der Waals surface area contributed by atoms with Crippen LogP contribution in [0.15, 0.2) is 70.8 Å². The number of rotatable bonds is 5. The second-order valence-corrected chi connectivity index (χ2v) is 8.18. The van der Waals surface area contributed by atoms with Gasteiger partial charge >= 0.3 is 0 Å². The molecule has 0 aliphatic carbocycles. The molecule has 0 aliphatic rings. The van der Waals surface area contributed by atoms with Crippen LogP contribution >= 0.6 is 34.5 Å². The highest BCUT2D eigenvalue weighted by Gasteiger charge is 2.12. The van der Waals surface area contributed by atoms with Gasteiger partial charge in [0.05, 0.1) is 28.0 Å². The Hall–Kier alpha value is -3.00. The summed E-state index contributed by atoms with van der Waals surface area (Å²) in [5.41, 5.74) is 3.81. The summed E-state index contributed by atoms with van der Waals surface area (Å²) in [6, 6.07) is 16.5. The van der Waals surface area contributed by atoms with Crippen LogP contribution in [0.4, 0.5) is 0 Å². The van der Waals surface area contributed by atoms with Gasteiger partial charge in [-0.25, -0.2) is 10.4 Å². The molecule has 0 unspecified atom stereocenters. The highest BCUT2D eigenvalue weighted by atomic mass is 35.5. The van der Waals surface area contributed by atoms with E-state index in [0.717, 1.165) is 10.4 Å². The molecule has 0 atom stereocenters. The first kappa shape index (κ1) is 20.3. The quantitative estimate of drug-likeness (QED) is 0.352. The summed E-state index contributed by atoms with van der Waals surface area (Å²) < 4.78 is 1.26. The van der Waals surface area contributed by atoms with Gasteiger partial charge in [-0.15, -0.1) is 11.3 Å². The lowest BCUT2D eigenvalue weighted by Crippen LogP contribution is -2.29. The van der Waals surface area contributed by atoms with E-state index in [1.807, 2.05) is 36.4 Å². The van der Waals surface area contributed by atoms with Crippen molar-refractivity contribution in [2.24, 2.45) is 5.10 Å². The standard InChI is InChI=1S/C21H14Cl2N4O2S/c22-16-7-6-13(8-17(16)23)10-25-26-19(28)11-27-12-24-20-15(21(27)29)9-18(30-20)14-4-2-1-3-5-14/h1-10,12H,11H2,(H,26,28)/b25-10-. The fraction of sp³-hybridized carbons (Fsp3) is 0.0476. The van der Waals surface area contributed by atoms with Gasteiger partial charge in [0.25, 0.3) is 11.5 Å². The number of carbonyl (C=O) groups is 1. The van der Waals surface area contributed by atoms with Gasteiger partial charge in [-0.2, -0.15) is 5.10 Å². The number of nitrogens with zero attached hydrogens (tertiary/aromatic N) is 3. The number of thiophene rings is 1. The molecular formula is C21H14Cl2N4O2S. The molecule has 30 heavy (non-hydrogen) atoms. The molecule has 0 aliphatic heterocycles. The van der Waals surface area contributed by atoms with E-state index in [2.05, 4.69) is 15.5 Å². The average molecular weight is 457 g/mol. The predicted octanol–water partition coefficient (Wildman–Crippen LogP) is 4.58. The highest BCUT2D eigenvalue weighted by molar-refractivity contribution is 7.21. The van der Waals surface area contributed by atoms with E-state index < -0.39 is 5.91 Å². The van der Waals surface area contributed by atoms with E-state index in [0.29, 0.717) is 25.8 Å². The van der Waals surface area contributed by atoms with Crippen molar-refractivity contribution in [3.63, 3.8) is 0 Å². The summed E-state index contributed by atoms with van der Waals surface area (Å²) in [5.74, 6) is -0.451. The molecule has 0 spiro atoms. The van der Waals surface area contributed by atoms with Crippen LogP contribution in [0, 0.1) is 0 Å². The predicted molar refractivity (Wildman–Crippen MR) is 122 cm³/mol. The summed E-state index contributed by atoms with van der Waals surface area (Å²) in [7, 11) is 0. The molecule has 1 amide bonds. The van der Waals surface area contributed by atoms with E-state index >= 15 is 0 Å². The van der Waals surface area contributed by atoms with Crippen molar-refractivity contribution in [2.45, 2.75) is 6.54 Å². The van der Waals surface area contributed by atoms with Gasteiger partial charge in [-0.1, -0.05) is 59.6 Å². The molecule has 0 fully saturated rings. The normalized spacial score (nSPS) is 11.3. The SMILES string of the molecule is O=C(Cn1cnc2sc(-c3ccccc3)cc2c1=O)N/N=C\c1ccc(Cl)c(Cl)c1. The molecule has 6 nitrogen and oxygen atoms in total. The van der Waals surface area contributed by atoms with Crippen molar-refractivity contribution in [3.05, 3.63) is 86.9 Å². The first-order chi connectivity index (χ1) is 14.5. The second kappa shape index (κ2) is 8.79. The zero-order chi connectivity index (χ0) is 21.1. The van der Waals surface area contributed by atoms with E-state index in [1.54, 1.807) is 18.2 Å². The van der Waals surface area contributed by atoms with Gasteiger partial charge in [-0.05, 0) is 29.3 Å². The summed E-state index contributed by atoms with van der Waals surface area (Å²) in [6.45, 7) is -0.197. The summed E-state index contributed by atoms with van der Waals surface area (Å²) in [5, 5.41) is 5.19. The number of aromatic nitrogens is 2. The Balaban J connectivity index is 1.48. The molecule has 0 bridgehead atoms. The van der Waals surface area contributed by atoms with Crippen LogP contribution in [-0.2, 0) is 11.3 Å². The molecule has 4 aromatic rings. The summed E-state index contributed by atoms with van der Waals surface area (Å²) in [6.07, 6.45) is 2.81. The molecule has 0 radical (unpaired) electrons. The van der Waals surface area contributed by atoms with Crippen LogP contribution in [0.5, 0.6) is 0 Å². The average Bonchev–Trinajstić information content (AvgIpc) is 3.19. The molecule has 2 aromatic carbocycles. The lowest BCUT2D eigenvalue weighted by Gasteiger charge is -2.03. The number of carbonyl (C=O) groups excluding carboxylic acids is 1. The number of benzene rings is 2. The van der Waals surface area contributed by atoms with Crippen molar-refractivity contribution < 1.29 is 4.79 Å². The molecule has 4 rings (SSSR count). The Kier molecular flexibility index (Phi) is 5.94. The van der Waals surface area contributed by atoms with Crippen molar-refractivity contribution in [1.29, 1.82) is 0 Å². The summed E-state index contributed by atoms with van der Waals surface area (Å²) in [4.78, 5) is 30.8. The monoisotopic (exact) mass is 456 g/mol. The Morgan fingerprint density at radius 1 is 1.13 bits per heavy atom. The Morgan fingerprint density at radius 3 is 2.70 bits per heavy atom. The van der Waals surface area contributed by atoms with E-state index in [1.165, 1.54) is 28.4 Å². The lowest BCUT2D eigenvalue weighted by molar-refractivity contribution is -0.121. The number of hydrazone groups is 1. The first-order valence-corrected chi connectivity index (χ1v) is 10.4. The molecular weight excluding hydrogens is 443 g/mol. The number of nitrogens with one attached hydrogen (secondary N) is 1. The molecule has 0 saturated heterocycles. The zero-order valence-corrected chi connectivity index (χ0v) is 17.7. The topological polar surface area (TPSA) is 76.3 Å². The Bertz CT molecular complexity index is 1320. The third-order valence-corrected chi connectivity index (χ3v) is 6.07. The van der Waals surface area contributed by atoms with Crippen LogP contribution in [0.3, 0.4) is 0 Å². The molecule has 2 heterocycles. The van der Waals surface area contributed by atoms with Crippen molar-refractivity contribution in [3.8, 4) is 10.4 Å². The molecule has 9 heteroatoms. The minimum Gasteiger partial charge on any atom is -0.289 e. The van der Waals surface area contributed by atoms with Crippen molar-refractivity contribution in [2.75, 3.05) is 0 Å². The minimum atomic E-state index is -0.451. The number of fused-ring (bicyclic) bond motifs is 1. The van der Waals surface area contributed by atoms with E-state index in [4.69, 9.17) is 23.2 Å².